The molecule has 0 saturated heterocycles. The molecule has 1 aliphatic rings. The van der Waals surface area contributed by atoms with Crippen molar-refractivity contribution in [2.45, 2.75) is 59.0 Å². The molecule has 1 aromatic carbocycles. The lowest BCUT2D eigenvalue weighted by Crippen LogP contribution is -2.51. The SMILES string of the molecule is CCCCN(Cc1nc2c([nH]1)CCc1cc(Br)ccc1-2)C(=O)[C@@H](NC(=O)OC)C(C)C. The predicted molar refractivity (Wildman–Crippen MR) is 124 cm³/mol. The largest absolute Gasteiger partial charge is 0.453 e. The quantitative estimate of drug-likeness (QED) is 0.572. The van der Waals surface area contributed by atoms with Crippen LogP contribution in [0.1, 0.15) is 50.7 Å². The second-order valence-electron chi connectivity index (χ2n) is 8.28. The van der Waals surface area contributed by atoms with Crippen molar-refractivity contribution >= 4 is 27.9 Å². The van der Waals surface area contributed by atoms with Crippen LogP contribution in [-0.4, -0.2) is 46.6 Å². The summed E-state index contributed by atoms with van der Waals surface area (Å²) in [6.45, 7) is 6.91. The van der Waals surface area contributed by atoms with Crippen molar-refractivity contribution in [3.63, 3.8) is 0 Å². The van der Waals surface area contributed by atoms with Gasteiger partial charge in [0.25, 0.3) is 0 Å². The Bertz CT molecular complexity index is 941. The standard InChI is InChI=1S/C23H31BrN4O3/c1-5-6-11-28(22(29)20(14(2)3)27-23(30)31-4)13-19-25-18-10-7-15-12-16(24)8-9-17(15)21(18)26-19/h8-9,12,14,20H,5-7,10-11,13H2,1-4H3,(H,25,26)(H,27,30)/t20-/m0/s1. The molecular formula is C23H31BrN4O3. The molecule has 0 saturated carbocycles. The zero-order valence-corrected chi connectivity index (χ0v) is 20.2. The van der Waals surface area contributed by atoms with Gasteiger partial charge in [-0.05, 0) is 42.9 Å². The fraction of sp³-hybridized carbons (Fsp3) is 0.522. The third-order valence-corrected chi connectivity index (χ3v) is 6.11. The number of nitrogens with zero attached hydrogens (tertiary/aromatic N) is 2. The number of aromatic amines is 1. The normalized spacial score (nSPS) is 13.4. The number of carbonyl (C=O) groups excluding carboxylic acids is 2. The highest BCUT2D eigenvalue weighted by Crippen LogP contribution is 2.33. The molecule has 2 amide bonds. The average Bonchev–Trinajstić information content (AvgIpc) is 3.16. The Kier molecular flexibility index (Phi) is 7.75. The number of unbranched alkanes of at least 4 members (excludes halogenated alkanes) is 1. The van der Waals surface area contributed by atoms with Crippen LogP contribution < -0.4 is 5.32 Å². The Balaban J connectivity index is 1.84. The molecule has 31 heavy (non-hydrogen) atoms. The molecule has 2 N–H and O–H groups in total. The molecule has 1 heterocycles. The van der Waals surface area contributed by atoms with E-state index in [1.165, 1.54) is 12.7 Å². The monoisotopic (exact) mass is 490 g/mol. The van der Waals surface area contributed by atoms with E-state index in [1.807, 2.05) is 19.9 Å². The number of methoxy groups -OCH3 is 1. The second-order valence-corrected chi connectivity index (χ2v) is 9.20. The van der Waals surface area contributed by atoms with E-state index < -0.39 is 12.1 Å². The number of carbonyl (C=O) groups is 2. The molecule has 0 bridgehead atoms. The number of H-pyrrole nitrogens is 1. The number of ether oxygens (including phenoxy) is 1. The van der Waals surface area contributed by atoms with Crippen molar-refractivity contribution in [1.29, 1.82) is 0 Å². The summed E-state index contributed by atoms with van der Waals surface area (Å²) in [6, 6.07) is 5.63. The first kappa shape index (κ1) is 23.3. The van der Waals surface area contributed by atoms with Gasteiger partial charge in [-0.3, -0.25) is 4.79 Å². The van der Waals surface area contributed by atoms with E-state index in [0.717, 1.165) is 52.9 Å². The molecule has 168 valence electrons. The van der Waals surface area contributed by atoms with Crippen molar-refractivity contribution in [2.75, 3.05) is 13.7 Å². The zero-order chi connectivity index (χ0) is 22.5. The Morgan fingerprint density at radius 2 is 2.10 bits per heavy atom. The van der Waals surface area contributed by atoms with E-state index in [0.29, 0.717) is 13.1 Å². The molecule has 0 unspecified atom stereocenters. The lowest BCUT2D eigenvalue weighted by molar-refractivity contribution is -0.135. The number of aryl methyl sites for hydroxylation is 2. The molecule has 1 aromatic heterocycles. The number of halogens is 1. The van der Waals surface area contributed by atoms with Crippen LogP contribution in [-0.2, 0) is 28.9 Å². The van der Waals surface area contributed by atoms with Crippen LogP contribution in [0.2, 0.25) is 0 Å². The van der Waals surface area contributed by atoms with Gasteiger partial charge in [0.2, 0.25) is 5.91 Å². The minimum Gasteiger partial charge on any atom is -0.453 e. The fourth-order valence-electron chi connectivity index (χ4n) is 3.90. The van der Waals surface area contributed by atoms with Crippen LogP contribution in [0.4, 0.5) is 4.79 Å². The van der Waals surface area contributed by atoms with Gasteiger partial charge >= 0.3 is 6.09 Å². The number of hydrogen-bond donors (Lipinski definition) is 2. The van der Waals surface area contributed by atoms with Gasteiger partial charge in [0.15, 0.2) is 0 Å². The lowest BCUT2D eigenvalue weighted by atomic mass is 9.92. The van der Waals surface area contributed by atoms with Crippen molar-refractivity contribution < 1.29 is 14.3 Å². The van der Waals surface area contributed by atoms with Gasteiger partial charge in [0.05, 0.1) is 19.3 Å². The summed E-state index contributed by atoms with van der Waals surface area (Å²) < 4.78 is 5.78. The first-order chi connectivity index (χ1) is 14.8. The molecule has 1 atom stereocenters. The van der Waals surface area contributed by atoms with E-state index in [1.54, 1.807) is 4.90 Å². The number of amides is 2. The smallest absolute Gasteiger partial charge is 0.407 e. The average molecular weight is 491 g/mol. The highest BCUT2D eigenvalue weighted by atomic mass is 79.9. The van der Waals surface area contributed by atoms with Gasteiger partial charge in [-0.25, -0.2) is 9.78 Å². The summed E-state index contributed by atoms with van der Waals surface area (Å²) in [5, 5.41) is 2.69. The number of aromatic nitrogens is 2. The minimum absolute atomic E-state index is 0.0640. The molecule has 7 nitrogen and oxygen atoms in total. The van der Waals surface area contributed by atoms with Gasteiger partial charge < -0.3 is 19.9 Å². The Morgan fingerprint density at radius 3 is 2.77 bits per heavy atom. The lowest BCUT2D eigenvalue weighted by Gasteiger charge is -2.29. The van der Waals surface area contributed by atoms with Gasteiger partial charge in [0, 0.05) is 22.3 Å². The molecular weight excluding hydrogens is 460 g/mol. The van der Waals surface area contributed by atoms with Crippen LogP contribution >= 0.6 is 15.9 Å². The molecule has 0 fully saturated rings. The van der Waals surface area contributed by atoms with Gasteiger partial charge in [-0.2, -0.15) is 0 Å². The van der Waals surface area contributed by atoms with Crippen LogP contribution in [0.25, 0.3) is 11.3 Å². The second kappa shape index (κ2) is 10.3. The van der Waals surface area contributed by atoms with Crippen molar-refractivity contribution in [2.24, 2.45) is 5.92 Å². The maximum Gasteiger partial charge on any atom is 0.407 e. The Morgan fingerprint density at radius 1 is 1.32 bits per heavy atom. The maximum atomic E-state index is 13.3. The number of fused-ring (bicyclic) bond motifs is 3. The van der Waals surface area contributed by atoms with E-state index in [-0.39, 0.29) is 11.8 Å². The molecule has 2 aromatic rings. The van der Waals surface area contributed by atoms with Crippen LogP contribution in [0.5, 0.6) is 0 Å². The highest BCUT2D eigenvalue weighted by Gasteiger charge is 2.30. The molecule has 0 radical (unpaired) electrons. The Labute approximate surface area is 192 Å². The van der Waals surface area contributed by atoms with Crippen LogP contribution in [0.3, 0.4) is 0 Å². The van der Waals surface area contributed by atoms with E-state index in [9.17, 15) is 9.59 Å². The zero-order valence-electron chi connectivity index (χ0n) is 18.6. The maximum absolute atomic E-state index is 13.3. The molecule has 0 spiro atoms. The number of alkyl carbamates (subject to hydrolysis) is 1. The Hall–Kier alpha value is -2.35. The fourth-order valence-corrected chi connectivity index (χ4v) is 4.30. The van der Waals surface area contributed by atoms with Crippen molar-refractivity contribution in [3.8, 4) is 11.3 Å². The topological polar surface area (TPSA) is 87.3 Å². The van der Waals surface area contributed by atoms with E-state index >= 15 is 0 Å². The first-order valence-corrected chi connectivity index (χ1v) is 11.6. The highest BCUT2D eigenvalue weighted by molar-refractivity contribution is 9.10. The first-order valence-electron chi connectivity index (χ1n) is 10.8. The summed E-state index contributed by atoms with van der Waals surface area (Å²) in [5.41, 5.74) is 4.51. The van der Waals surface area contributed by atoms with Crippen molar-refractivity contribution in [1.82, 2.24) is 20.2 Å². The summed E-state index contributed by atoms with van der Waals surface area (Å²) in [5.74, 6) is 0.587. The van der Waals surface area contributed by atoms with Crippen molar-refractivity contribution in [3.05, 3.63) is 39.8 Å². The molecule has 1 aliphatic carbocycles. The number of hydrogen-bond acceptors (Lipinski definition) is 4. The van der Waals surface area contributed by atoms with Crippen LogP contribution in [0.15, 0.2) is 22.7 Å². The van der Waals surface area contributed by atoms with Gasteiger partial charge in [-0.1, -0.05) is 49.2 Å². The number of benzene rings is 1. The van der Waals surface area contributed by atoms with E-state index in [2.05, 4.69) is 45.3 Å². The van der Waals surface area contributed by atoms with E-state index in [4.69, 9.17) is 9.72 Å². The molecule has 3 rings (SSSR count). The minimum atomic E-state index is -0.646. The summed E-state index contributed by atoms with van der Waals surface area (Å²) >= 11 is 3.54. The summed E-state index contributed by atoms with van der Waals surface area (Å²) in [4.78, 5) is 35.2. The molecule has 8 heteroatoms. The summed E-state index contributed by atoms with van der Waals surface area (Å²) in [6.07, 6.45) is 3.11. The third-order valence-electron chi connectivity index (χ3n) is 5.62. The number of imidazole rings is 1. The third kappa shape index (κ3) is 5.47. The molecule has 0 aliphatic heterocycles. The number of rotatable bonds is 8. The van der Waals surface area contributed by atoms with Gasteiger partial charge in [-0.15, -0.1) is 0 Å². The number of nitrogens with one attached hydrogen (secondary N) is 2. The van der Waals surface area contributed by atoms with Gasteiger partial charge in [0.1, 0.15) is 11.9 Å². The predicted octanol–water partition coefficient (Wildman–Crippen LogP) is 4.45. The summed E-state index contributed by atoms with van der Waals surface area (Å²) in [7, 11) is 1.30. The van der Waals surface area contributed by atoms with Crippen LogP contribution in [0, 0.1) is 5.92 Å².